The fourth-order valence-electron chi connectivity index (χ4n) is 5.65. The zero-order chi connectivity index (χ0) is 25.5. The van der Waals surface area contributed by atoms with Crippen molar-refractivity contribution in [3.05, 3.63) is 46.2 Å². The number of likely N-dealkylation sites (N-methyl/N-ethyl adjacent to an activating group) is 1. The molecule has 35 heavy (non-hydrogen) atoms. The fourth-order valence-corrected chi connectivity index (χ4v) is 6.09. The van der Waals surface area contributed by atoms with Crippen molar-refractivity contribution in [2.75, 3.05) is 26.4 Å². The van der Waals surface area contributed by atoms with Crippen molar-refractivity contribution in [2.45, 2.75) is 69.8 Å². The van der Waals surface area contributed by atoms with Crippen molar-refractivity contribution in [1.29, 1.82) is 0 Å². The van der Waals surface area contributed by atoms with Gasteiger partial charge in [-0.15, -0.1) is 0 Å². The molecule has 0 saturated carbocycles. The fraction of sp³-hybridized carbons (Fsp3) is 0.600. The van der Waals surface area contributed by atoms with Crippen molar-refractivity contribution in [3.8, 4) is 0 Å². The number of aliphatic hydroxyl groups excluding tert-OH is 1. The normalized spacial score (nSPS) is 23.8. The number of amides is 1. The van der Waals surface area contributed by atoms with Crippen LogP contribution in [-0.2, 0) is 10.0 Å². The predicted octanol–water partition coefficient (Wildman–Crippen LogP) is 1.56. The molecule has 192 valence electrons. The van der Waals surface area contributed by atoms with E-state index in [1.165, 1.54) is 11.4 Å². The monoisotopic (exact) mass is 504 g/mol. The molecule has 3 heterocycles. The third kappa shape index (κ3) is 5.45. The number of benzene rings is 1. The Labute approximate surface area is 206 Å². The lowest BCUT2D eigenvalue weighted by Gasteiger charge is -2.40. The van der Waals surface area contributed by atoms with E-state index < -0.39 is 16.1 Å². The molecule has 0 unspecified atom stereocenters. The first-order valence-electron chi connectivity index (χ1n) is 12.3. The molecule has 1 amide bonds. The number of rotatable bonds is 8. The van der Waals surface area contributed by atoms with Gasteiger partial charge in [0.25, 0.3) is 11.5 Å². The molecule has 4 atom stereocenters. The third-order valence-corrected chi connectivity index (χ3v) is 8.66. The van der Waals surface area contributed by atoms with Gasteiger partial charge in [-0.3, -0.25) is 14.5 Å². The van der Waals surface area contributed by atoms with E-state index in [1.54, 1.807) is 10.6 Å². The summed E-state index contributed by atoms with van der Waals surface area (Å²) in [7, 11) is -1.88. The number of aliphatic hydroxyl groups is 1. The highest BCUT2D eigenvalue weighted by molar-refractivity contribution is 7.88. The largest absolute Gasteiger partial charge is 0.390 e. The summed E-state index contributed by atoms with van der Waals surface area (Å²) < 4.78 is 26.1. The van der Waals surface area contributed by atoms with Gasteiger partial charge < -0.3 is 15.0 Å². The second-order valence-electron chi connectivity index (χ2n) is 10.3. The standard InChI is InChI=1S/C25H36N4O5S/c1-16(2)29-23-8-6-5-7-17(23)11-22(25(29)32)24(31)26-18-12-19-9-10-20(13-18)28(19)15-21(30)14-27(3)35(4,33)34/h5-8,11,16,18-21,30H,9-10,12-15H2,1-4H3,(H,26,31)/t18-,19+,20-,21-/m0/s1. The number of piperidine rings is 1. The van der Waals surface area contributed by atoms with Crippen LogP contribution in [-0.4, -0.2) is 83.8 Å². The Morgan fingerprint density at radius 1 is 1.20 bits per heavy atom. The van der Waals surface area contributed by atoms with Crippen molar-refractivity contribution in [2.24, 2.45) is 0 Å². The zero-order valence-electron chi connectivity index (χ0n) is 20.8. The minimum atomic E-state index is -3.34. The molecule has 0 radical (unpaired) electrons. The molecule has 2 aromatic rings. The second kappa shape index (κ2) is 10.0. The maximum absolute atomic E-state index is 13.2. The average molecular weight is 505 g/mol. The predicted molar refractivity (Wildman–Crippen MR) is 136 cm³/mol. The van der Waals surface area contributed by atoms with Crippen LogP contribution in [0.4, 0.5) is 0 Å². The van der Waals surface area contributed by atoms with Crippen molar-refractivity contribution >= 4 is 26.8 Å². The van der Waals surface area contributed by atoms with Gasteiger partial charge in [-0.25, -0.2) is 12.7 Å². The Kier molecular flexibility index (Phi) is 7.38. The number of pyridine rings is 1. The van der Waals surface area contributed by atoms with E-state index in [0.29, 0.717) is 6.54 Å². The molecule has 2 fully saturated rings. The highest BCUT2D eigenvalue weighted by atomic mass is 32.2. The van der Waals surface area contributed by atoms with Crippen LogP contribution in [0.25, 0.3) is 10.9 Å². The molecule has 2 aliphatic rings. The van der Waals surface area contributed by atoms with Crippen LogP contribution in [0.2, 0.25) is 0 Å². The lowest BCUT2D eigenvalue weighted by Crippen LogP contribution is -2.53. The number of hydrogen-bond donors (Lipinski definition) is 2. The highest BCUT2D eigenvalue weighted by Gasteiger charge is 2.42. The maximum atomic E-state index is 13.2. The molecule has 1 aromatic carbocycles. The molecule has 0 aliphatic carbocycles. The molecule has 9 nitrogen and oxygen atoms in total. The summed E-state index contributed by atoms with van der Waals surface area (Å²) in [5.74, 6) is -0.345. The number of hydrogen-bond acceptors (Lipinski definition) is 6. The van der Waals surface area contributed by atoms with E-state index in [0.717, 1.165) is 42.8 Å². The van der Waals surface area contributed by atoms with Gasteiger partial charge in [-0.2, -0.15) is 0 Å². The van der Waals surface area contributed by atoms with Crippen LogP contribution in [0, 0.1) is 0 Å². The molecule has 2 bridgehead atoms. The summed E-state index contributed by atoms with van der Waals surface area (Å²) in [5.41, 5.74) is 0.691. The van der Waals surface area contributed by atoms with Gasteiger partial charge in [0.15, 0.2) is 0 Å². The van der Waals surface area contributed by atoms with E-state index in [-0.39, 0.29) is 47.7 Å². The van der Waals surface area contributed by atoms with E-state index in [9.17, 15) is 23.1 Å². The number of para-hydroxylation sites is 1. The average Bonchev–Trinajstić information content (AvgIpc) is 2.99. The van der Waals surface area contributed by atoms with Crippen LogP contribution in [0.15, 0.2) is 35.1 Å². The number of carbonyl (C=O) groups is 1. The van der Waals surface area contributed by atoms with E-state index in [2.05, 4.69) is 10.2 Å². The molecule has 4 rings (SSSR count). The minimum Gasteiger partial charge on any atom is -0.390 e. The quantitative estimate of drug-likeness (QED) is 0.564. The SMILES string of the molecule is CC(C)n1c(=O)c(C(=O)N[C@H]2C[C@H]3CC[C@@H](C2)N3C[C@@H](O)CN(C)S(C)(=O)=O)cc2ccccc21. The van der Waals surface area contributed by atoms with E-state index in [4.69, 9.17) is 0 Å². The number of nitrogens with zero attached hydrogens (tertiary/aromatic N) is 3. The topological polar surface area (TPSA) is 112 Å². The summed E-state index contributed by atoms with van der Waals surface area (Å²) >= 11 is 0. The molecular weight excluding hydrogens is 468 g/mol. The number of aromatic nitrogens is 1. The molecule has 0 spiro atoms. The van der Waals surface area contributed by atoms with Crippen molar-refractivity contribution in [3.63, 3.8) is 0 Å². The first-order chi connectivity index (χ1) is 16.5. The Hall–Kier alpha value is -2.27. The number of carbonyl (C=O) groups excluding carboxylic acids is 1. The van der Waals surface area contributed by atoms with Gasteiger partial charge in [-0.1, -0.05) is 18.2 Å². The van der Waals surface area contributed by atoms with Gasteiger partial charge in [0.2, 0.25) is 10.0 Å². The van der Waals surface area contributed by atoms with Crippen LogP contribution >= 0.6 is 0 Å². The lowest BCUT2D eigenvalue weighted by molar-refractivity contribution is 0.0448. The zero-order valence-corrected chi connectivity index (χ0v) is 21.7. The van der Waals surface area contributed by atoms with Crippen LogP contribution in [0.5, 0.6) is 0 Å². The summed E-state index contributed by atoms with van der Waals surface area (Å²) in [5, 5.41) is 14.5. The first-order valence-corrected chi connectivity index (χ1v) is 14.1. The van der Waals surface area contributed by atoms with Gasteiger partial charge in [0, 0.05) is 44.3 Å². The smallest absolute Gasteiger partial charge is 0.264 e. The Balaban J connectivity index is 1.44. The first kappa shape index (κ1) is 25.8. The number of sulfonamides is 1. The summed E-state index contributed by atoms with van der Waals surface area (Å²) in [6.07, 6.45) is 3.77. The third-order valence-electron chi connectivity index (χ3n) is 7.38. The maximum Gasteiger partial charge on any atom is 0.264 e. The van der Waals surface area contributed by atoms with Gasteiger partial charge in [-0.05, 0) is 57.0 Å². The molecule has 2 N–H and O–H groups in total. The van der Waals surface area contributed by atoms with Crippen LogP contribution in [0.3, 0.4) is 0 Å². The Morgan fingerprint density at radius 3 is 2.43 bits per heavy atom. The second-order valence-corrected chi connectivity index (χ2v) is 12.4. The van der Waals surface area contributed by atoms with Crippen molar-refractivity contribution in [1.82, 2.24) is 19.1 Å². The minimum absolute atomic E-state index is 0.0505. The molecule has 10 heteroatoms. The molecular formula is C25H36N4O5S. The molecule has 2 saturated heterocycles. The summed E-state index contributed by atoms with van der Waals surface area (Å²) in [6.45, 7) is 4.33. The van der Waals surface area contributed by atoms with Crippen LogP contribution < -0.4 is 10.9 Å². The van der Waals surface area contributed by atoms with E-state index >= 15 is 0 Å². The highest BCUT2D eigenvalue weighted by Crippen LogP contribution is 2.36. The Morgan fingerprint density at radius 2 is 1.83 bits per heavy atom. The lowest BCUT2D eigenvalue weighted by atomic mass is 9.96. The number of nitrogens with one attached hydrogen (secondary N) is 1. The summed E-state index contributed by atoms with van der Waals surface area (Å²) in [4.78, 5) is 28.7. The molecule has 2 aliphatic heterocycles. The Bertz CT molecular complexity index is 1240. The summed E-state index contributed by atoms with van der Waals surface area (Å²) in [6, 6.07) is 9.57. The van der Waals surface area contributed by atoms with Gasteiger partial charge in [0.05, 0.1) is 17.9 Å². The van der Waals surface area contributed by atoms with Gasteiger partial charge >= 0.3 is 0 Å². The molecule has 1 aromatic heterocycles. The van der Waals surface area contributed by atoms with E-state index in [1.807, 2.05) is 38.1 Å². The van der Waals surface area contributed by atoms with Crippen LogP contribution in [0.1, 0.15) is 55.9 Å². The van der Waals surface area contributed by atoms with Crippen molar-refractivity contribution < 1.29 is 18.3 Å². The number of fused-ring (bicyclic) bond motifs is 3. The van der Waals surface area contributed by atoms with Gasteiger partial charge in [0.1, 0.15) is 5.56 Å².